The molecular weight excluding hydrogens is 344 g/mol. The molecule has 0 radical (unpaired) electrons. The summed E-state index contributed by atoms with van der Waals surface area (Å²) in [5, 5.41) is 8.55. The van der Waals surface area contributed by atoms with Gasteiger partial charge in [0, 0.05) is 57.1 Å². The maximum atomic E-state index is 5.94. The number of ether oxygens (including phenoxy) is 1. The van der Waals surface area contributed by atoms with E-state index in [9.17, 15) is 0 Å². The van der Waals surface area contributed by atoms with Crippen molar-refractivity contribution in [3.63, 3.8) is 0 Å². The molecule has 27 heavy (non-hydrogen) atoms. The van der Waals surface area contributed by atoms with Gasteiger partial charge in [-0.2, -0.15) is 0 Å². The number of nitrogens with zero attached hydrogens (tertiary/aromatic N) is 6. The van der Waals surface area contributed by atoms with Crippen LogP contribution in [0.15, 0.2) is 16.8 Å². The number of aryl methyl sites for hydroxylation is 1. The Morgan fingerprint density at radius 1 is 1.11 bits per heavy atom. The van der Waals surface area contributed by atoms with Crippen molar-refractivity contribution in [1.82, 2.24) is 25.1 Å². The molecule has 2 aliphatic rings. The molecule has 0 atom stereocenters. The molecule has 0 amide bonds. The second kappa shape index (κ2) is 8.31. The van der Waals surface area contributed by atoms with Crippen LogP contribution in [0.1, 0.15) is 49.1 Å². The zero-order valence-electron chi connectivity index (χ0n) is 16.2. The number of piperidine rings is 1. The first kappa shape index (κ1) is 18.3. The minimum atomic E-state index is 0.357. The fourth-order valence-electron chi connectivity index (χ4n) is 3.92. The van der Waals surface area contributed by atoms with E-state index in [0.29, 0.717) is 12.0 Å². The van der Waals surface area contributed by atoms with Crippen LogP contribution in [0, 0.1) is 6.92 Å². The van der Waals surface area contributed by atoms with Crippen molar-refractivity contribution in [3.8, 4) is 0 Å². The third-order valence-corrected chi connectivity index (χ3v) is 5.67. The molecule has 146 valence electrons. The number of aromatic nitrogens is 4. The molecule has 2 fully saturated rings. The first-order valence-corrected chi connectivity index (χ1v) is 9.83. The number of rotatable bonds is 5. The van der Waals surface area contributed by atoms with Gasteiger partial charge >= 0.3 is 0 Å². The maximum Gasteiger partial charge on any atom is 0.230 e. The molecule has 0 N–H and O–H groups in total. The van der Waals surface area contributed by atoms with Gasteiger partial charge in [0.1, 0.15) is 12.1 Å². The van der Waals surface area contributed by atoms with Gasteiger partial charge in [-0.25, -0.2) is 9.97 Å². The quantitative estimate of drug-likeness (QED) is 0.790. The minimum Gasteiger partial charge on any atom is -0.424 e. The summed E-state index contributed by atoms with van der Waals surface area (Å²) in [4.78, 5) is 13.3. The van der Waals surface area contributed by atoms with Gasteiger partial charge < -0.3 is 14.1 Å². The van der Waals surface area contributed by atoms with Crippen LogP contribution in [-0.4, -0.2) is 64.5 Å². The van der Waals surface area contributed by atoms with Crippen molar-refractivity contribution in [3.05, 3.63) is 29.9 Å². The first-order chi connectivity index (χ1) is 13.2. The Bertz CT molecular complexity index is 737. The van der Waals surface area contributed by atoms with Crippen LogP contribution in [0.5, 0.6) is 0 Å². The second-order valence-corrected chi connectivity index (χ2v) is 7.56. The van der Waals surface area contributed by atoms with Crippen LogP contribution >= 0.6 is 0 Å². The van der Waals surface area contributed by atoms with Crippen molar-refractivity contribution in [2.24, 2.45) is 0 Å². The number of hydrogen-bond acceptors (Lipinski definition) is 8. The third-order valence-electron chi connectivity index (χ3n) is 5.67. The van der Waals surface area contributed by atoms with Crippen molar-refractivity contribution < 1.29 is 9.15 Å². The number of likely N-dealkylation sites (tertiary alicyclic amines) is 1. The average Bonchev–Trinajstić information content (AvgIpc) is 3.17. The van der Waals surface area contributed by atoms with Gasteiger partial charge in [-0.15, -0.1) is 10.2 Å². The minimum absolute atomic E-state index is 0.357. The highest BCUT2D eigenvalue weighted by Crippen LogP contribution is 2.26. The molecule has 0 aromatic carbocycles. The molecule has 0 aliphatic carbocycles. The van der Waals surface area contributed by atoms with E-state index < -0.39 is 0 Å². The van der Waals surface area contributed by atoms with Gasteiger partial charge in [0.05, 0.1) is 6.54 Å². The second-order valence-electron chi connectivity index (χ2n) is 7.56. The Hall–Kier alpha value is -2.06. The summed E-state index contributed by atoms with van der Waals surface area (Å²) in [6, 6.07) is 2.54. The van der Waals surface area contributed by atoms with Crippen molar-refractivity contribution in [2.75, 3.05) is 38.3 Å². The van der Waals surface area contributed by atoms with Crippen LogP contribution in [0.25, 0.3) is 0 Å². The monoisotopic (exact) mass is 372 g/mol. The standard InChI is InChI=1S/C19H28N6O2/c1-14-11-17(21-13-20-14)24(2)16-3-7-25(8-4-16)12-18-22-23-19(27-18)15-5-9-26-10-6-15/h11,13,15-16H,3-10,12H2,1-2H3. The summed E-state index contributed by atoms with van der Waals surface area (Å²) in [7, 11) is 2.13. The molecule has 0 unspecified atom stereocenters. The van der Waals surface area contributed by atoms with E-state index in [1.807, 2.05) is 13.0 Å². The van der Waals surface area contributed by atoms with E-state index in [-0.39, 0.29) is 0 Å². The van der Waals surface area contributed by atoms with Crippen LogP contribution in [0.3, 0.4) is 0 Å². The SMILES string of the molecule is Cc1cc(N(C)C2CCN(Cc3nnc(C4CCOCC4)o3)CC2)ncn1. The molecule has 2 aromatic heterocycles. The Labute approximate surface area is 159 Å². The van der Waals surface area contributed by atoms with Crippen molar-refractivity contribution >= 4 is 5.82 Å². The van der Waals surface area contributed by atoms with E-state index in [0.717, 1.165) is 81.8 Å². The summed E-state index contributed by atoms with van der Waals surface area (Å²) in [6.07, 6.45) is 5.78. The molecule has 4 heterocycles. The summed E-state index contributed by atoms with van der Waals surface area (Å²) in [5.74, 6) is 2.87. The van der Waals surface area contributed by atoms with E-state index in [1.54, 1.807) is 6.33 Å². The van der Waals surface area contributed by atoms with Gasteiger partial charge in [0.25, 0.3) is 0 Å². The largest absolute Gasteiger partial charge is 0.424 e. The van der Waals surface area contributed by atoms with Crippen molar-refractivity contribution in [2.45, 2.75) is 51.1 Å². The average molecular weight is 372 g/mol. The van der Waals surface area contributed by atoms with Gasteiger partial charge in [0.2, 0.25) is 11.8 Å². The molecule has 8 nitrogen and oxygen atoms in total. The molecule has 0 saturated carbocycles. The summed E-state index contributed by atoms with van der Waals surface area (Å²) < 4.78 is 11.3. The predicted molar refractivity (Wildman–Crippen MR) is 101 cm³/mol. The topological polar surface area (TPSA) is 80.4 Å². The Balaban J connectivity index is 1.29. The lowest BCUT2D eigenvalue weighted by Crippen LogP contribution is -2.43. The lowest BCUT2D eigenvalue weighted by molar-refractivity contribution is 0.0787. The fraction of sp³-hybridized carbons (Fsp3) is 0.684. The van der Waals surface area contributed by atoms with Gasteiger partial charge in [-0.3, -0.25) is 4.90 Å². The maximum absolute atomic E-state index is 5.94. The van der Waals surface area contributed by atoms with Crippen LogP contribution in [0.2, 0.25) is 0 Å². The van der Waals surface area contributed by atoms with Gasteiger partial charge in [0.15, 0.2) is 0 Å². The van der Waals surface area contributed by atoms with E-state index in [2.05, 4.69) is 37.0 Å². The molecule has 8 heteroatoms. The third kappa shape index (κ3) is 4.44. The van der Waals surface area contributed by atoms with Crippen LogP contribution in [0.4, 0.5) is 5.82 Å². The van der Waals surface area contributed by atoms with E-state index in [1.165, 1.54) is 0 Å². The van der Waals surface area contributed by atoms with E-state index in [4.69, 9.17) is 9.15 Å². The number of hydrogen-bond donors (Lipinski definition) is 0. The smallest absolute Gasteiger partial charge is 0.230 e. The van der Waals surface area contributed by atoms with Gasteiger partial charge in [-0.1, -0.05) is 0 Å². The fourth-order valence-corrected chi connectivity index (χ4v) is 3.92. The zero-order chi connectivity index (χ0) is 18.6. The molecule has 4 rings (SSSR count). The van der Waals surface area contributed by atoms with Crippen LogP contribution in [-0.2, 0) is 11.3 Å². The lowest BCUT2D eigenvalue weighted by Gasteiger charge is -2.36. The molecule has 2 aromatic rings. The Morgan fingerprint density at radius 3 is 2.63 bits per heavy atom. The molecule has 0 bridgehead atoms. The lowest BCUT2D eigenvalue weighted by atomic mass is 10.0. The van der Waals surface area contributed by atoms with E-state index >= 15 is 0 Å². The first-order valence-electron chi connectivity index (χ1n) is 9.83. The summed E-state index contributed by atoms with van der Waals surface area (Å²) in [5.41, 5.74) is 1.00. The normalized spacial score (nSPS) is 20.1. The Morgan fingerprint density at radius 2 is 1.89 bits per heavy atom. The van der Waals surface area contributed by atoms with Crippen molar-refractivity contribution in [1.29, 1.82) is 0 Å². The van der Waals surface area contributed by atoms with Gasteiger partial charge in [-0.05, 0) is 32.6 Å². The Kier molecular flexibility index (Phi) is 5.63. The molecule has 2 aliphatic heterocycles. The molecular formula is C19H28N6O2. The van der Waals surface area contributed by atoms with Crippen LogP contribution < -0.4 is 4.90 Å². The highest BCUT2D eigenvalue weighted by atomic mass is 16.5. The highest BCUT2D eigenvalue weighted by Gasteiger charge is 2.26. The zero-order valence-corrected chi connectivity index (χ0v) is 16.2. The highest BCUT2D eigenvalue weighted by molar-refractivity contribution is 5.39. The number of anilines is 1. The molecule has 2 saturated heterocycles. The summed E-state index contributed by atoms with van der Waals surface area (Å²) in [6.45, 7) is 6.35. The molecule has 0 spiro atoms. The summed E-state index contributed by atoms with van der Waals surface area (Å²) >= 11 is 0. The predicted octanol–water partition coefficient (Wildman–Crippen LogP) is 2.16.